The first-order valence-electron chi connectivity index (χ1n) is 5.68. The van der Waals surface area contributed by atoms with Gasteiger partial charge in [0.15, 0.2) is 5.78 Å². The average Bonchev–Trinajstić information content (AvgIpc) is 2.29. The van der Waals surface area contributed by atoms with Crippen molar-refractivity contribution in [2.45, 2.75) is 26.7 Å². The van der Waals surface area contributed by atoms with Gasteiger partial charge in [-0.1, -0.05) is 0 Å². The van der Waals surface area contributed by atoms with Crippen molar-refractivity contribution in [3.05, 3.63) is 11.6 Å². The topological polar surface area (TPSA) is 69.7 Å². The van der Waals surface area contributed by atoms with Gasteiger partial charge in [0.25, 0.3) is 0 Å². The van der Waals surface area contributed by atoms with Crippen LogP contribution in [0.2, 0.25) is 0 Å². The fourth-order valence-corrected chi connectivity index (χ4v) is 1.69. The molecule has 0 aliphatic heterocycles. The maximum atomic E-state index is 11.6. The van der Waals surface area contributed by atoms with Crippen molar-refractivity contribution < 1.29 is 23.9 Å². The number of ether oxygens (including phenoxy) is 2. The molecule has 0 saturated carbocycles. The zero-order valence-corrected chi connectivity index (χ0v) is 10.0. The molecule has 0 radical (unpaired) electrons. The Morgan fingerprint density at radius 2 is 1.94 bits per heavy atom. The molecule has 0 aromatic carbocycles. The largest absolute Gasteiger partial charge is 0.466 e. The van der Waals surface area contributed by atoms with E-state index in [1.165, 1.54) is 6.08 Å². The minimum absolute atomic E-state index is 0.113. The summed E-state index contributed by atoms with van der Waals surface area (Å²) in [7, 11) is 0. The van der Waals surface area contributed by atoms with Crippen LogP contribution >= 0.6 is 0 Å². The lowest BCUT2D eigenvalue weighted by atomic mass is 9.87. The van der Waals surface area contributed by atoms with Crippen molar-refractivity contribution in [1.29, 1.82) is 0 Å². The van der Waals surface area contributed by atoms with E-state index in [2.05, 4.69) is 0 Å². The third kappa shape index (κ3) is 3.41. The van der Waals surface area contributed by atoms with E-state index in [9.17, 15) is 14.4 Å². The second-order valence-corrected chi connectivity index (χ2v) is 3.63. The van der Waals surface area contributed by atoms with E-state index in [0.29, 0.717) is 6.42 Å². The quantitative estimate of drug-likeness (QED) is 0.686. The number of hydrogen-bond acceptors (Lipinski definition) is 5. The average molecular weight is 240 g/mol. The fraction of sp³-hybridized carbons (Fsp3) is 0.583. The number of hydrogen-bond donors (Lipinski definition) is 0. The third-order valence-corrected chi connectivity index (χ3v) is 2.45. The summed E-state index contributed by atoms with van der Waals surface area (Å²) >= 11 is 0. The SMILES string of the molecule is CCOC(=O)C1=CC(=O)CC[C@@H]1C(=O)OCC. The van der Waals surface area contributed by atoms with Crippen LogP contribution < -0.4 is 0 Å². The summed E-state index contributed by atoms with van der Waals surface area (Å²) in [5.74, 6) is -1.92. The molecule has 0 saturated heterocycles. The van der Waals surface area contributed by atoms with Gasteiger partial charge in [0.2, 0.25) is 0 Å². The van der Waals surface area contributed by atoms with Crippen LogP contribution in [-0.4, -0.2) is 30.9 Å². The van der Waals surface area contributed by atoms with Crippen LogP contribution in [0.4, 0.5) is 0 Å². The summed E-state index contributed by atoms with van der Waals surface area (Å²) in [6.07, 6.45) is 1.76. The number of carbonyl (C=O) groups is 3. The molecule has 0 fully saturated rings. The van der Waals surface area contributed by atoms with E-state index in [-0.39, 0.29) is 31.0 Å². The van der Waals surface area contributed by atoms with Crippen LogP contribution in [0.5, 0.6) is 0 Å². The maximum absolute atomic E-state index is 11.6. The van der Waals surface area contributed by atoms with Gasteiger partial charge in [0.1, 0.15) is 0 Å². The lowest BCUT2D eigenvalue weighted by Gasteiger charge is -2.20. The minimum Gasteiger partial charge on any atom is -0.466 e. The molecule has 1 aliphatic rings. The maximum Gasteiger partial charge on any atom is 0.335 e. The van der Waals surface area contributed by atoms with Crippen LogP contribution in [0, 0.1) is 5.92 Å². The second kappa shape index (κ2) is 6.18. The molecule has 1 aliphatic carbocycles. The Morgan fingerprint density at radius 1 is 1.29 bits per heavy atom. The minimum atomic E-state index is -0.674. The van der Waals surface area contributed by atoms with E-state index in [4.69, 9.17) is 9.47 Å². The monoisotopic (exact) mass is 240 g/mol. The Hall–Kier alpha value is -1.65. The molecule has 5 heteroatoms. The van der Waals surface area contributed by atoms with E-state index < -0.39 is 17.9 Å². The van der Waals surface area contributed by atoms with Crippen LogP contribution in [-0.2, 0) is 23.9 Å². The molecule has 0 aromatic rings. The van der Waals surface area contributed by atoms with Crippen LogP contribution in [0.15, 0.2) is 11.6 Å². The van der Waals surface area contributed by atoms with Gasteiger partial charge in [-0.2, -0.15) is 0 Å². The number of esters is 2. The molecular weight excluding hydrogens is 224 g/mol. The smallest absolute Gasteiger partial charge is 0.335 e. The van der Waals surface area contributed by atoms with Crippen molar-refractivity contribution in [2.24, 2.45) is 5.92 Å². The lowest BCUT2D eigenvalue weighted by molar-refractivity contribution is -0.150. The fourth-order valence-electron chi connectivity index (χ4n) is 1.69. The van der Waals surface area contributed by atoms with Crippen LogP contribution in [0.1, 0.15) is 26.7 Å². The van der Waals surface area contributed by atoms with Crippen molar-refractivity contribution in [2.75, 3.05) is 13.2 Å². The summed E-state index contributed by atoms with van der Waals surface area (Å²) in [4.78, 5) is 34.5. The van der Waals surface area contributed by atoms with E-state index >= 15 is 0 Å². The molecule has 94 valence electrons. The zero-order chi connectivity index (χ0) is 12.8. The standard InChI is InChI=1S/C12H16O5/c1-3-16-11(14)9-6-5-8(13)7-10(9)12(15)17-4-2/h7,9H,3-6H2,1-2H3/t9-/m0/s1. The molecule has 1 atom stereocenters. The first kappa shape index (κ1) is 13.4. The molecule has 0 aromatic heterocycles. The van der Waals surface area contributed by atoms with Gasteiger partial charge >= 0.3 is 11.9 Å². The number of rotatable bonds is 4. The molecule has 0 unspecified atom stereocenters. The predicted molar refractivity (Wildman–Crippen MR) is 59.1 cm³/mol. The van der Waals surface area contributed by atoms with Crippen molar-refractivity contribution in [1.82, 2.24) is 0 Å². The van der Waals surface area contributed by atoms with E-state index in [1.807, 2.05) is 0 Å². The first-order chi connectivity index (χ1) is 8.10. The Labute approximate surface area is 99.8 Å². The second-order valence-electron chi connectivity index (χ2n) is 3.63. The Morgan fingerprint density at radius 3 is 2.53 bits per heavy atom. The highest BCUT2D eigenvalue weighted by atomic mass is 16.5. The van der Waals surface area contributed by atoms with Crippen LogP contribution in [0.3, 0.4) is 0 Å². The van der Waals surface area contributed by atoms with Gasteiger partial charge in [-0.25, -0.2) is 4.79 Å². The normalized spacial score (nSPS) is 19.5. The summed E-state index contributed by atoms with van der Waals surface area (Å²) in [6.45, 7) is 3.82. The van der Waals surface area contributed by atoms with Gasteiger partial charge in [-0.3, -0.25) is 9.59 Å². The van der Waals surface area contributed by atoms with Gasteiger partial charge in [-0.15, -0.1) is 0 Å². The van der Waals surface area contributed by atoms with Gasteiger partial charge < -0.3 is 9.47 Å². The van der Waals surface area contributed by atoms with Crippen molar-refractivity contribution >= 4 is 17.7 Å². The van der Waals surface area contributed by atoms with Crippen LogP contribution in [0.25, 0.3) is 0 Å². The third-order valence-electron chi connectivity index (χ3n) is 2.45. The Bertz CT molecular complexity index is 356. The van der Waals surface area contributed by atoms with Gasteiger partial charge in [-0.05, 0) is 26.3 Å². The van der Waals surface area contributed by atoms with Crippen molar-refractivity contribution in [3.8, 4) is 0 Å². The summed E-state index contributed by atoms with van der Waals surface area (Å²) < 4.78 is 9.70. The molecule has 0 bridgehead atoms. The Balaban J connectivity index is 2.88. The van der Waals surface area contributed by atoms with E-state index in [1.54, 1.807) is 13.8 Å². The molecule has 5 nitrogen and oxygen atoms in total. The zero-order valence-electron chi connectivity index (χ0n) is 10.0. The molecule has 17 heavy (non-hydrogen) atoms. The highest BCUT2D eigenvalue weighted by molar-refractivity contribution is 6.04. The summed E-state index contributed by atoms with van der Waals surface area (Å²) in [6, 6.07) is 0. The molecule has 1 rings (SSSR count). The predicted octanol–water partition coefficient (Wildman–Crippen LogP) is 1.02. The first-order valence-corrected chi connectivity index (χ1v) is 5.68. The summed E-state index contributed by atoms with van der Waals surface area (Å²) in [5, 5.41) is 0. The highest BCUT2D eigenvalue weighted by Crippen LogP contribution is 2.25. The highest BCUT2D eigenvalue weighted by Gasteiger charge is 2.33. The molecule has 0 spiro atoms. The molecule has 0 heterocycles. The van der Waals surface area contributed by atoms with E-state index in [0.717, 1.165) is 0 Å². The van der Waals surface area contributed by atoms with Crippen molar-refractivity contribution in [3.63, 3.8) is 0 Å². The molecule has 0 amide bonds. The summed E-state index contributed by atoms with van der Waals surface area (Å²) in [5.41, 5.74) is 0.113. The van der Waals surface area contributed by atoms with Gasteiger partial charge in [0, 0.05) is 6.42 Å². The Kier molecular flexibility index (Phi) is 4.87. The van der Waals surface area contributed by atoms with Gasteiger partial charge in [0.05, 0.1) is 24.7 Å². The lowest BCUT2D eigenvalue weighted by Crippen LogP contribution is -2.29. The molecule has 0 N–H and O–H groups in total. The number of ketones is 1. The number of allylic oxidation sites excluding steroid dienone is 1. The number of carbonyl (C=O) groups excluding carboxylic acids is 3. The molecular formula is C12H16O5.